The van der Waals surface area contributed by atoms with Gasteiger partial charge in [-0.2, -0.15) is 5.10 Å². The van der Waals surface area contributed by atoms with Crippen LogP contribution in [-0.4, -0.2) is 27.3 Å². The largest absolute Gasteiger partial charge is 0.336 e. The van der Waals surface area contributed by atoms with Crippen molar-refractivity contribution in [3.8, 4) is 20.5 Å². The molecule has 0 bridgehead atoms. The van der Waals surface area contributed by atoms with Crippen LogP contribution in [0.5, 0.6) is 0 Å². The smallest absolute Gasteiger partial charge is 0.319 e. The Balaban J connectivity index is 1.42. The number of carbonyl (C=O) groups is 1. The summed E-state index contributed by atoms with van der Waals surface area (Å²) in [6.45, 7) is 4.30. The van der Waals surface area contributed by atoms with E-state index in [-0.39, 0.29) is 24.7 Å². The molecule has 0 fully saturated rings. The molecule has 3 aromatic heterocycles. The molecule has 1 aromatic carbocycles. The van der Waals surface area contributed by atoms with E-state index >= 15 is 0 Å². The molecule has 164 valence electrons. The molecule has 0 aliphatic carbocycles. The predicted octanol–water partition coefficient (Wildman–Crippen LogP) is 5.19. The van der Waals surface area contributed by atoms with E-state index in [0.29, 0.717) is 16.4 Å². The number of nitrogens with zero attached hydrogens (tertiary/aromatic N) is 3. The van der Waals surface area contributed by atoms with Gasteiger partial charge in [-0.25, -0.2) is 14.5 Å². The Bertz CT molecular complexity index is 1310. The third-order valence-corrected chi connectivity index (χ3v) is 7.29. The second-order valence-electron chi connectivity index (χ2n) is 7.04. The topological polar surface area (TPSA) is 88.9 Å². The van der Waals surface area contributed by atoms with E-state index in [4.69, 9.17) is 11.6 Å². The second kappa shape index (κ2) is 9.64. The average Bonchev–Trinajstić information content (AvgIpc) is 3.42. The normalized spacial score (nSPS) is 10.8. The number of rotatable bonds is 6. The highest BCUT2D eigenvalue weighted by Gasteiger charge is 2.14. The van der Waals surface area contributed by atoms with Gasteiger partial charge in [-0.15, -0.1) is 22.7 Å². The van der Waals surface area contributed by atoms with Crippen LogP contribution in [0.4, 0.5) is 10.5 Å². The van der Waals surface area contributed by atoms with Gasteiger partial charge in [-0.3, -0.25) is 4.79 Å². The number of halogens is 1. The van der Waals surface area contributed by atoms with Gasteiger partial charge in [0.05, 0.1) is 22.0 Å². The fourth-order valence-corrected chi connectivity index (χ4v) is 5.00. The molecule has 2 amide bonds. The minimum absolute atomic E-state index is 0.234. The molecule has 0 aliphatic rings. The van der Waals surface area contributed by atoms with Crippen molar-refractivity contribution in [1.29, 1.82) is 0 Å². The first-order valence-electron chi connectivity index (χ1n) is 9.81. The molecule has 4 aromatic rings. The highest BCUT2D eigenvalue weighted by molar-refractivity contribution is 7.23. The number of aromatic nitrogens is 3. The summed E-state index contributed by atoms with van der Waals surface area (Å²) in [6, 6.07) is 12.1. The number of nitrogens with one attached hydrogen (secondary N) is 2. The number of hydrogen-bond donors (Lipinski definition) is 2. The zero-order chi connectivity index (χ0) is 22.7. The third kappa shape index (κ3) is 5.07. The Morgan fingerprint density at radius 2 is 2.03 bits per heavy atom. The van der Waals surface area contributed by atoms with Crippen molar-refractivity contribution in [3.05, 3.63) is 74.5 Å². The summed E-state index contributed by atoms with van der Waals surface area (Å²) in [7, 11) is 0. The standard InChI is InChI=1S/C22H20ClN5O2S2/c1-13-5-6-15(12-16(13)23)26-22(30)24-9-10-28-19(29)8-7-17(27-28)20-14(2)25-21(32-20)18-4-3-11-31-18/h3-8,11-12H,9-10H2,1-2H3,(H2,24,26,30). The van der Waals surface area contributed by atoms with Crippen LogP contribution in [0.2, 0.25) is 5.02 Å². The van der Waals surface area contributed by atoms with Crippen molar-refractivity contribution >= 4 is 46.0 Å². The van der Waals surface area contributed by atoms with Gasteiger partial charge in [0.2, 0.25) is 0 Å². The lowest BCUT2D eigenvalue weighted by molar-refractivity contribution is 0.251. The molecule has 0 saturated carbocycles. The molecule has 32 heavy (non-hydrogen) atoms. The van der Waals surface area contributed by atoms with Crippen molar-refractivity contribution in [1.82, 2.24) is 20.1 Å². The molecular formula is C22H20ClN5O2S2. The Morgan fingerprint density at radius 3 is 2.78 bits per heavy atom. The lowest BCUT2D eigenvalue weighted by atomic mass is 10.2. The predicted molar refractivity (Wildman–Crippen MR) is 131 cm³/mol. The van der Waals surface area contributed by atoms with Gasteiger partial charge in [-0.05, 0) is 49.1 Å². The van der Waals surface area contributed by atoms with Crippen molar-refractivity contribution < 1.29 is 4.79 Å². The van der Waals surface area contributed by atoms with Crippen molar-refractivity contribution in [2.24, 2.45) is 0 Å². The van der Waals surface area contributed by atoms with Crippen LogP contribution in [0, 0.1) is 13.8 Å². The molecule has 0 spiro atoms. The number of aryl methyl sites for hydroxylation is 2. The lowest BCUT2D eigenvalue weighted by Crippen LogP contribution is -2.34. The highest BCUT2D eigenvalue weighted by atomic mass is 35.5. The second-order valence-corrected chi connectivity index (χ2v) is 9.39. The number of benzene rings is 1. The summed E-state index contributed by atoms with van der Waals surface area (Å²) in [5, 5.41) is 13.5. The molecule has 0 aliphatic heterocycles. The zero-order valence-corrected chi connectivity index (χ0v) is 19.8. The Kier molecular flexibility index (Phi) is 6.69. The minimum atomic E-state index is -0.381. The Labute approximate surface area is 197 Å². The van der Waals surface area contributed by atoms with Crippen LogP contribution in [0.3, 0.4) is 0 Å². The van der Waals surface area contributed by atoms with Crippen molar-refractivity contribution in [2.45, 2.75) is 20.4 Å². The Morgan fingerprint density at radius 1 is 1.19 bits per heavy atom. The quantitative estimate of drug-likeness (QED) is 0.393. The summed E-state index contributed by atoms with van der Waals surface area (Å²) in [5.41, 5.74) is 2.84. The molecule has 7 nitrogen and oxygen atoms in total. The van der Waals surface area contributed by atoms with Gasteiger partial charge in [0, 0.05) is 23.3 Å². The SMILES string of the molecule is Cc1ccc(NC(=O)NCCn2nc(-c3sc(-c4cccs4)nc3C)ccc2=O)cc1Cl. The summed E-state index contributed by atoms with van der Waals surface area (Å²) < 4.78 is 1.35. The summed E-state index contributed by atoms with van der Waals surface area (Å²) in [4.78, 5) is 31.1. The molecule has 4 rings (SSSR count). The van der Waals surface area contributed by atoms with Gasteiger partial charge in [0.15, 0.2) is 0 Å². The van der Waals surface area contributed by atoms with E-state index in [1.54, 1.807) is 40.9 Å². The molecule has 0 unspecified atom stereocenters. The monoisotopic (exact) mass is 485 g/mol. The number of thiazole rings is 1. The number of carbonyl (C=O) groups excluding carboxylic acids is 1. The third-order valence-electron chi connectivity index (χ3n) is 4.67. The molecule has 3 heterocycles. The van der Waals surface area contributed by atoms with E-state index in [1.807, 2.05) is 37.4 Å². The van der Waals surface area contributed by atoms with E-state index in [2.05, 4.69) is 20.7 Å². The molecule has 0 atom stereocenters. The van der Waals surface area contributed by atoms with Crippen LogP contribution in [0.15, 0.2) is 52.6 Å². The molecule has 10 heteroatoms. The van der Waals surface area contributed by atoms with E-state index < -0.39 is 0 Å². The van der Waals surface area contributed by atoms with Crippen LogP contribution in [0.1, 0.15) is 11.3 Å². The average molecular weight is 486 g/mol. The van der Waals surface area contributed by atoms with E-state index in [9.17, 15) is 9.59 Å². The van der Waals surface area contributed by atoms with Crippen LogP contribution >= 0.6 is 34.3 Å². The fourth-order valence-electron chi connectivity index (χ4n) is 2.99. The minimum Gasteiger partial charge on any atom is -0.336 e. The van der Waals surface area contributed by atoms with E-state index in [0.717, 1.165) is 26.0 Å². The molecule has 2 N–H and O–H groups in total. The lowest BCUT2D eigenvalue weighted by Gasteiger charge is -2.10. The molecular weight excluding hydrogens is 466 g/mol. The maximum Gasteiger partial charge on any atom is 0.319 e. The summed E-state index contributed by atoms with van der Waals surface area (Å²) in [5.74, 6) is 0. The van der Waals surface area contributed by atoms with E-state index in [1.165, 1.54) is 10.7 Å². The van der Waals surface area contributed by atoms with Gasteiger partial charge in [-0.1, -0.05) is 23.7 Å². The summed E-state index contributed by atoms with van der Waals surface area (Å²) >= 11 is 9.27. The number of thiophene rings is 1. The van der Waals surface area contributed by atoms with Crippen molar-refractivity contribution in [3.63, 3.8) is 0 Å². The molecule has 0 saturated heterocycles. The maximum absolute atomic E-state index is 12.3. The fraction of sp³-hybridized carbons (Fsp3) is 0.182. The van der Waals surface area contributed by atoms with Gasteiger partial charge in [0.1, 0.15) is 10.7 Å². The Hall–Kier alpha value is -3.01. The number of hydrogen-bond acceptors (Lipinski definition) is 6. The first-order valence-corrected chi connectivity index (χ1v) is 11.9. The van der Waals surface area contributed by atoms with Gasteiger partial charge in [0.25, 0.3) is 5.56 Å². The van der Waals surface area contributed by atoms with Crippen molar-refractivity contribution in [2.75, 3.05) is 11.9 Å². The number of amides is 2. The van der Waals surface area contributed by atoms with Crippen LogP contribution in [-0.2, 0) is 6.54 Å². The number of anilines is 1. The molecule has 0 radical (unpaired) electrons. The van der Waals surface area contributed by atoms with Gasteiger partial charge >= 0.3 is 6.03 Å². The van der Waals surface area contributed by atoms with Crippen LogP contribution < -0.4 is 16.2 Å². The van der Waals surface area contributed by atoms with Gasteiger partial charge < -0.3 is 10.6 Å². The number of urea groups is 1. The highest BCUT2D eigenvalue weighted by Crippen LogP contribution is 2.35. The summed E-state index contributed by atoms with van der Waals surface area (Å²) in [6.07, 6.45) is 0. The maximum atomic E-state index is 12.3. The first-order chi connectivity index (χ1) is 15.4. The zero-order valence-electron chi connectivity index (χ0n) is 17.4. The van der Waals surface area contributed by atoms with Crippen LogP contribution in [0.25, 0.3) is 20.5 Å². The first kappa shape index (κ1) is 22.2.